The summed E-state index contributed by atoms with van der Waals surface area (Å²) >= 11 is 0. The molecule has 2 rings (SSSR count). The van der Waals surface area contributed by atoms with Crippen LogP contribution in [0.1, 0.15) is 31.2 Å². The fourth-order valence-corrected chi connectivity index (χ4v) is 2.69. The van der Waals surface area contributed by atoms with Gasteiger partial charge in [-0.2, -0.15) is 0 Å². The molecule has 0 atom stereocenters. The summed E-state index contributed by atoms with van der Waals surface area (Å²) in [4.78, 5) is 22.8. The molecule has 6 heteroatoms. The zero-order valence-corrected chi connectivity index (χ0v) is 12.7. The van der Waals surface area contributed by atoms with Crippen molar-refractivity contribution in [3.8, 4) is 5.75 Å². The molecule has 1 aliphatic rings. The van der Waals surface area contributed by atoms with E-state index in [9.17, 15) is 9.59 Å². The summed E-state index contributed by atoms with van der Waals surface area (Å²) in [5.74, 6) is -0.245. The lowest BCUT2D eigenvalue weighted by atomic mass is 9.86. The monoisotopic (exact) mass is 306 g/mol. The lowest BCUT2D eigenvalue weighted by molar-refractivity contribution is -0.142. The van der Waals surface area contributed by atoms with Gasteiger partial charge >= 0.3 is 12.0 Å². The van der Waals surface area contributed by atoms with Gasteiger partial charge < -0.3 is 20.5 Å². The smallest absolute Gasteiger partial charge is 0.315 e. The zero-order chi connectivity index (χ0) is 15.9. The number of carbonyl (C=O) groups excluding carboxylic acids is 1. The first-order valence-corrected chi connectivity index (χ1v) is 7.48. The highest BCUT2D eigenvalue weighted by atomic mass is 16.5. The predicted molar refractivity (Wildman–Crippen MR) is 81.7 cm³/mol. The lowest BCUT2D eigenvalue weighted by Crippen LogP contribution is -2.43. The number of amides is 2. The summed E-state index contributed by atoms with van der Waals surface area (Å²) in [7, 11) is 1.60. The molecule has 0 bridgehead atoms. The Bertz CT molecular complexity index is 525. The molecule has 0 heterocycles. The van der Waals surface area contributed by atoms with E-state index < -0.39 is 5.97 Å². The first-order valence-electron chi connectivity index (χ1n) is 7.48. The average molecular weight is 306 g/mol. The molecule has 3 N–H and O–H groups in total. The number of hydrogen-bond acceptors (Lipinski definition) is 3. The minimum Gasteiger partial charge on any atom is -0.497 e. The van der Waals surface area contributed by atoms with E-state index in [1.807, 2.05) is 24.3 Å². The van der Waals surface area contributed by atoms with Crippen molar-refractivity contribution in [1.82, 2.24) is 10.6 Å². The number of benzene rings is 1. The van der Waals surface area contributed by atoms with Gasteiger partial charge in [0.05, 0.1) is 13.0 Å². The fourth-order valence-electron chi connectivity index (χ4n) is 2.69. The number of hydrogen-bond donors (Lipinski definition) is 3. The van der Waals surface area contributed by atoms with Crippen LogP contribution < -0.4 is 15.4 Å². The van der Waals surface area contributed by atoms with Crippen LogP contribution in [0, 0.1) is 5.92 Å². The molecule has 0 aliphatic heterocycles. The molecule has 6 nitrogen and oxygen atoms in total. The van der Waals surface area contributed by atoms with Crippen molar-refractivity contribution >= 4 is 12.0 Å². The van der Waals surface area contributed by atoms with Gasteiger partial charge in [-0.15, -0.1) is 0 Å². The molecule has 0 saturated heterocycles. The average Bonchev–Trinajstić information content (AvgIpc) is 2.53. The van der Waals surface area contributed by atoms with Crippen molar-refractivity contribution in [3.05, 3.63) is 29.8 Å². The Balaban J connectivity index is 1.73. The van der Waals surface area contributed by atoms with Gasteiger partial charge in [0.15, 0.2) is 0 Å². The Morgan fingerprint density at radius 3 is 2.64 bits per heavy atom. The summed E-state index contributed by atoms with van der Waals surface area (Å²) in [6, 6.07) is 7.35. The minimum atomic E-state index is -0.735. The zero-order valence-electron chi connectivity index (χ0n) is 12.7. The van der Waals surface area contributed by atoms with E-state index in [1.165, 1.54) is 0 Å². The van der Waals surface area contributed by atoms with E-state index in [0.717, 1.165) is 11.3 Å². The van der Waals surface area contributed by atoms with Crippen LogP contribution in [-0.2, 0) is 11.3 Å². The van der Waals surface area contributed by atoms with Crippen LogP contribution in [-0.4, -0.2) is 30.3 Å². The largest absolute Gasteiger partial charge is 0.497 e. The third kappa shape index (κ3) is 4.65. The Kier molecular flexibility index (Phi) is 5.63. The Hall–Kier alpha value is -2.24. The van der Waals surface area contributed by atoms with Crippen molar-refractivity contribution in [2.75, 3.05) is 7.11 Å². The van der Waals surface area contributed by atoms with Gasteiger partial charge in [-0.05, 0) is 43.4 Å². The van der Waals surface area contributed by atoms with Crippen molar-refractivity contribution in [2.24, 2.45) is 5.92 Å². The fraction of sp³-hybridized carbons (Fsp3) is 0.500. The maximum Gasteiger partial charge on any atom is 0.315 e. The summed E-state index contributed by atoms with van der Waals surface area (Å²) < 4.78 is 5.14. The molecule has 120 valence electrons. The Morgan fingerprint density at radius 1 is 1.27 bits per heavy atom. The van der Waals surface area contributed by atoms with Gasteiger partial charge in [0.25, 0.3) is 0 Å². The molecule has 0 spiro atoms. The molecule has 2 amide bonds. The summed E-state index contributed by atoms with van der Waals surface area (Å²) in [6.45, 7) is 0.424. The number of carbonyl (C=O) groups is 2. The number of nitrogens with one attached hydrogen (secondary N) is 2. The number of rotatable bonds is 5. The summed E-state index contributed by atoms with van der Waals surface area (Å²) in [6.07, 6.45) is 2.67. The first kappa shape index (κ1) is 16.1. The third-order valence-corrected chi connectivity index (χ3v) is 4.00. The Morgan fingerprint density at radius 2 is 2.00 bits per heavy atom. The molecule has 1 aliphatic carbocycles. The highest BCUT2D eigenvalue weighted by Gasteiger charge is 2.26. The number of carboxylic acid groups (broad SMARTS) is 1. The molecule has 1 aromatic rings. The maximum atomic E-state index is 11.9. The SMILES string of the molecule is COc1cccc(CNC(=O)NC2CCC(C(=O)O)CC2)c1. The van der Waals surface area contributed by atoms with E-state index in [0.29, 0.717) is 32.2 Å². The van der Waals surface area contributed by atoms with Gasteiger partial charge in [-0.25, -0.2) is 4.79 Å². The minimum absolute atomic E-state index is 0.0564. The van der Waals surface area contributed by atoms with Crippen molar-refractivity contribution in [3.63, 3.8) is 0 Å². The van der Waals surface area contributed by atoms with E-state index in [2.05, 4.69) is 10.6 Å². The van der Waals surface area contributed by atoms with Crippen LogP contribution in [0.25, 0.3) is 0 Å². The van der Waals surface area contributed by atoms with Gasteiger partial charge in [0.2, 0.25) is 0 Å². The van der Waals surface area contributed by atoms with E-state index in [-0.39, 0.29) is 18.0 Å². The summed E-state index contributed by atoms with van der Waals surface area (Å²) in [5.41, 5.74) is 0.962. The van der Waals surface area contributed by atoms with Gasteiger partial charge in [-0.3, -0.25) is 4.79 Å². The quantitative estimate of drug-likeness (QED) is 0.777. The van der Waals surface area contributed by atoms with Crippen LogP contribution in [0.4, 0.5) is 4.79 Å². The van der Waals surface area contributed by atoms with E-state index in [1.54, 1.807) is 7.11 Å². The predicted octanol–water partition coefficient (Wildman–Crippen LogP) is 2.14. The molecular weight excluding hydrogens is 284 g/mol. The first-order chi connectivity index (χ1) is 10.6. The second-order valence-electron chi connectivity index (χ2n) is 5.57. The van der Waals surface area contributed by atoms with Crippen molar-refractivity contribution < 1.29 is 19.4 Å². The number of urea groups is 1. The van der Waals surface area contributed by atoms with E-state index in [4.69, 9.17) is 9.84 Å². The van der Waals surface area contributed by atoms with Crippen LogP contribution in [0.2, 0.25) is 0 Å². The highest BCUT2D eigenvalue weighted by Crippen LogP contribution is 2.24. The lowest BCUT2D eigenvalue weighted by Gasteiger charge is -2.26. The van der Waals surface area contributed by atoms with Crippen molar-refractivity contribution in [2.45, 2.75) is 38.3 Å². The van der Waals surface area contributed by atoms with Crippen LogP contribution in [0.5, 0.6) is 5.75 Å². The molecule has 0 radical (unpaired) electrons. The molecule has 0 unspecified atom stereocenters. The number of carboxylic acids is 1. The molecule has 1 fully saturated rings. The number of ether oxygens (including phenoxy) is 1. The normalized spacial score (nSPS) is 21.0. The number of aliphatic carboxylic acids is 1. The number of methoxy groups -OCH3 is 1. The third-order valence-electron chi connectivity index (χ3n) is 4.00. The van der Waals surface area contributed by atoms with Crippen LogP contribution in [0.3, 0.4) is 0 Å². The van der Waals surface area contributed by atoms with Crippen molar-refractivity contribution in [1.29, 1.82) is 0 Å². The summed E-state index contributed by atoms with van der Waals surface area (Å²) in [5, 5.41) is 14.7. The topological polar surface area (TPSA) is 87.7 Å². The van der Waals surface area contributed by atoms with E-state index >= 15 is 0 Å². The van der Waals surface area contributed by atoms with Crippen LogP contribution in [0.15, 0.2) is 24.3 Å². The Labute approximate surface area is 129 Å². The molecule has 1 saturated carbocycles. The highest BCUT2D eigenvalue weighted by molar-refractivity contribution is 5.74. The maximum absolute atomic E-state index is 11.9. The van der Waals surface area contributed by atoms with Gasteiger partial charge in [-0.1, -0.05) is 12.1 Å². The molecule has 1 aromatic carbocycles. The molecule has 0 aromatic heterocycles. The van der Waals surface area contributed by atoms with Gasteiger partial charge in [0, 0.05) is 12.6 Å². The standard InChI is InChI=1S/C16H22N2O4/c1-22-14-4-2-3-11(9-14)10-17-16(21)18-13-7-5-12(6-8-13)15(19)20/h2-4,9,12-13H,5-8,10H2,1H3,(H,19,20)(H2,17,18,21). The molecule has 22 heavy (non-hydrogen) atoms. The second-order valence-corrected chi connectivity index (χ2v) is 5.57. The van der Waals surface area contributed by atoms with Gasteiger partial charge in [0.1, 0.15) is 5.75 Å². The molecular formula is C16H22N2O4. The second kappa shape index (κ2) is 7.68. The van der Waals surface area contributed by atoms with Crippen LogP contribution >= 0.6 is 0 Å².